The van der Waals surface area contributed by atoms with Crippen molar-refractivity contribution in [3.05, 3.63) is 47.6 Å². The van der Waals surface area contributed by atoms with Crippen LogP contribution in [0.2, 0.25) is 0 Å². The molecule has 1 fully saturated rings. The van der Waals surface area contributed by atoms with Gasteiger partial charge in [-0.25, -0.2) is 9.18 Å². The number of likely N-dealkylation sites (tertiary alicyclic amines) is 1. The van der Waals surface area contributed by atoms with Crippen LogP contribution in [0.1, 0.15) is 74.1 Å². The maximum atomic E-state index is 14.5. The van der Waals surface area contributed by atoms with Crippen molar-refractivity contribution in [1.29, 1.82) is 0 Å². The Morgan fingerprint density at radius 2 is 1.85 bits per heavy atom. The van der Waals surface area contributed by atoms with Crippen molar-refractivity contribution >= 4 is 12.0 Å². The predicted molar refractivity (Wildman–Crippen MR) is 132 cm³/mol. The molecule has 186 valence electrons. The summed E-state index contributed by atoms with van der Waals surface area (Å²) in [6.07, 6.45) is 7.49. The molecule has 6 nitrogen and oxygen atoms in total. The molecule has 1 heterocycles. The van der Waals surface area contributed by atoms with Crippen molar-refractivity contribution in [2.45, 2.75) is 85.8 Å². The normalized spacial score (nSPS) is 19.3. The molecule has 2 amide bonds. The standard InChI is InChI=1S/C26H42FN3O3/c1-9-22(29-23(10-2)21(27)17-18(3)4)19(5)24(31)30-15-12-11-13-20(14-16-30)28-25(32)33-26(6,7)8/h9-10,17,19-20,29H,2,11-16H2,1,3-8H3,(H,28,32)/b22-9+,23-21-. The van der Waals surface area contributed by atoms with Gasteiger partial charge in [0.25, 0.3) is 0 Å². The molecule has 0 aromatic heterocycles. The van der Waals surface area contributed by atoms with Gasteiger partial charge in [-0.05, 0) is 86.3 Å². The van der Waals surface area contributed by atoms with Crippen LogP contribution in [0.5, 0.6) is 0 Å². The molecule has 2 atom stereocenters. The number of amides is 2. The number of carbonyl (C=O) groups is 2. The van der Waals surface area contributed by atoms with Gasteiger partial charge in [-0.2, -0.15) is 0 Å². The Morgan fingerprint density at radius 3 is 2.39 bits per heavy atom. The van der Waals surface area contributed by atoms with Crippen LogP contribution >= 0.6 is 0 Å². The van der Waals surface area contributed by atoms with E-state index in [-0.39, 0.29) is 17.6 Å². The smallest absolute Gasteiger partial charge is 0.407 e. The lowest BCUT2D eigenvalue weighted by atomic mass is 10.0. The third-order valence-corrected chi connectivity index (χ3v) is 5.31. The fourth-order valence-corrected chi connectivity index (χ4v) is 3.63. The summed E-state index contributed by atoms with van der Waals surface area (Å²) in [5.74, 6) is -0.924. The van der Waals surface area contributed by atoms with Crippen LogP contribution in [0.3, 0.4) is 0 Å². The van der Waals surface area contributed by atoms with E-state index in [1.165, 1.54) is 12.2 Å². The molecular weight excluding hydrogens is 421 g/mol. The van der Waals surface area contributed by atoms with Crippen LogP contribution in [0.25, 0.3) is 0 Å². The summed E-state index contributed by atoms with van der Waals surface area (Å²) < 4.78 is 19.9. The van der Waals surface area contributed by atoms with Crippen molar-refractivity contribution in [1.82, 2.24) is 15.5 Å². The third-order valence-electron chi connectivity index (χ3n) is 5.31. The van der Waals surface area contributed by atoms with E-state index in [0.29, 0.717) is 25.2 Å². The van der Waals surface area contributed by atoms with Gasteiger partial charge in [0.2, 0.25) is 5.91 Å². The first-order valence-electron chi connectivity index (χ1n) is 11.8. The number of allylic oxidation sites excluding steroid dienone is 5. The number of hydrogen-bond acceptors (Lipinski definition) is 4. The third kappa shape index (κ3) is 10.3. The van der Waals surface area contributed by atoms with Gasteiger partial charge in [0, 0.05) is 24.8 Å². The molecule has 0 aliphatic carbocycles. The molecule has 2 unspecified atom stereocenters. The number of halogens is 1. The maximum absolute atomic E-state index is 14.5. The Hall–Kier alpha value is -2.57. The predicted octanol–water partition coefficient (Wildman–Crippen LogP) is 5.75. The minimum absolute atomic E-state index is 0.0282. The van der Waals surface area contributed by atoms with Gasteiger partial charge in [-0.3, -0.25) is 4.79 Å². The Kier molecular flexibility index (Phi) is 11.4. The highest BCUT2D eigenvalue weighted by atomic mass is 19.1. The van der Waals surface area contributed by atoms with Crippen LogP contribution in [-0.4, -0.2) is 41.6 Å². The van der Waals surface area contributed by atoms with Gasteiger partial charge in [0.05, 0.1) is 11.6 Å². The van der Waals surface area contributed by atoms with Crippen LogP contribution in [0, 0.1) is 5.92 Å². The Bertz CT molecular complexity index is 789. The number of hydrogen-bond donors (Lipinski definition) is 2. The number of nitrogens with one attached hydrogen (secondary N) is 2. The largest absolute Gasteiger partial charge is 0.444 e. The van der Waals surface area contributed by atoms with Gasteiger partial charge in [0.1, 0.15) is 11.4 Å². The lowest BCUT2D eigenvalue weighted by Crippen LogP contribution is -2.45. The minimum atomic E-state index is -0.553. The molecule has 0 spiro atoms. The molecule has 7 heteroatoms. The van der Waals surface area contributed by atoms with E-state index in [9.17, 15) is 14.0 Å². The Balaban J connectivity index is 2.85. The number of carbonyl (C=O) groups excluding carboxylic acids is 2. The monoisotopic (exact) mass is 463 g/mol. The summed E-state index contributed by atoms with van der Waals surface area (Å²) in [7, 11) is 0. The highest BCUT2D eigenvalue weighted by Gasteiger charge is 2.27. The van der Waals surface area contributed by atoms with E-state index >= 15 is 0 Å². The lowest BCUT2D eigenvalue weighted by Gasteiger charge is -2.32. The lowest BCUT2D eigenvalue weighted by molar-refractivity contribution is -0.134. The maximum Gasteiger partial charge on any atom is 0.407 e. The second-order valence-corrected chi connectivity index (χ2v) is 9.73. The summed E-state index contributed by atoms with van der Waals surface area (Å²) >= 11 is 0. The summed E-state index contributed by atoms with van der Waals surface area (Å²) in [6, 6.07) is -0.0430. The quantitative estimate of drug-likeness (QED) is 0.472. The Morgan fingerprint density at radius 1 is 1.18 bits per heavy atom. The first kappa shape index (κ1) is 28.5. The summed E-state index contributed by atoms with van der Waals surface area (Å²) in [4.78, 5) is 27.3. The molecule has 0 radical (unpaired) electrons. The molecule has 1 aliphatic rings. The number of ether oxygens (including phenoxy) is 1. The van der Waals surface area contributed by atoms with Crippen molar-refractivity contribution < 1.29 is 18.7 Å². The van der Waals surface area contributed by atoms with Crippen LogP contribution < -0.4 is 10.6 Å². The van der Waals surface area contributed by atoms with Gasteiger partial charge in [-0.1, -0.05) is 18.2 Å². The van der Waals surface area contributed by atoms with E-state index in [4.69, 9.17) is 4.74 Å². The van der Waals surface area contributed by atoms with Crippen molar-refractivity contribution in [3.63, 3.8) is 0 Å². The second kappa shape index (κ2) is 13.2. The molecule has 1 aliphatic heterocycles. The van der Waals surface area contributed by atoms with E-state index in [1.807, 2.05) is 53.4 Å². The van der Waals surface area contributed by atoms with Gasteiger partial charge in [0.15, 0.2) is 0 Å². The molecule has 2 N–H and O–H groups in total. The molecule has 0 aromatic carbocycles. The fraction of sp³-hybridized carbons (Fsp3) is 0.615. The first-order chi connectivity index (χ1) is 15.4. The van der Waals surface area contributed by atoms with Gasteiger partial charge in [-0.15, -0.1) is 0 Å². The summed E-state index contributed by atoms with van der Waals surface area (Å²) in [6.45, 7) is 17.7. The average Bonchev–Trinajstić information content (AvgIpc) is 2.68. The van der Waals surface area contributed by atoms with Crippen LogP contribution in [0.4, 0.5) is 9.18 Å². The van der Waals surface area contributed by atoms with Crippen LogP contribution in [0.15, 0.2) is 47.6 Å². The molecule has 1 saturated heterocycles. The molecule has 0 bridgehead atoms. The van der Waals surface area contributed by atoms with E-state index in [0.717, 1.165) is 24.8 Å². The topological polar surface area (TPSA) is 70.7 Å². The molecule has 1 rings (SSSR count). The van der Waals surface area contributed by atoms with Crippen molar-refractivity contribution in [2.75, 3.05) is 13.1 Å². The number of nitrogens with zero attached hydrogens (tertiary/aromatic N) is 1. The van der Waals surface area contributed by atoms with Crippen molar-refractivity contribution in [2.24, 2.45) is 5.92 Å². The van der Waals surface area contributed by atoms with E-state index < -0.39 is 23.4 Å². The number of alkyl carbamates (subject to hydrolysis) is 1. The molecule has 0 aromatic rings. The molecule has 0 saturated carbocycles. The van der Waals surface area contributed by atoms with Crippen molar-refractivity contribution in [3.8, 4) is 0 Å². The fourth-order valence-electron chi connectivity index (χ4n) is 3.63. The average molecular weight is 464 g/mol. The summed E-state index contributed by atoms with van der Waals surface area (Å²) in [5, 5.41) is 5.99. The zero-order valence-electron chi connectivity index (χ0n) is 21.4. The van der Waals surface area contributed by atoms with Gasteiger partial charge >= 0.3 is 6.09 Å². The highest BCUT2D eigenvalue weighted by Crippen LogP contribution is 2.20. The summed E-state index contributed by atoms with van der Waals surface area (Å²) in [5.41, 5.74) is 1.13. The first-order valence-corrected chi connectivity index (χ1v) is 11.8. The zero-order valence-corrected chi connectivity index (χ0v) is 21.4. The highest BCUT2D eigenvalue weighted by molar-refractivity contribution is 5.81. The minimum Gasteiger partial charge on any atom is -0.444 e. The van der Waals surface area contributed by atoms with Gasteiger partial charge < -0.3 is 20.3 Å². The zero-order chi connectivity index (χ0) is 25.2. The number of rotatable bonds is 7. The SMILES string of the molecule is C=C/C(N/C(=C/C)C(C)C(=O)N1CCCCC(NC(=O)OC(C)(C)C)CC1)=C(/F)C=C(C)C. The Labute approximate surface area is 199 Å². The second-order valence-electron chi connectivity index (χ2n) is 9.73. The van der Waals surface area contributed by atoms with E-state index in [2.05, 4.69) is 17.2 Å². The van der Waals surface area contributed by atoms with Crippen LogP contribution in [-0.2, 0) is 9.53 Å². The van der Waals surface area contributed by atoms with E-state index in [1.54, 1.807) is 6.08 Å². The molecule has 33 heavy (non-hydrogen) atoms. The molecular formula is C26H42FN3O3.